The van der Waals surface area contributed by atoms with Gasteiger partial charge in [0.2, 0.25) is 0 Å². The van der Waals surface area contributed by atoms with E-state index < -0.39 is 23.5 Å². The summed E-state index contributed by atoms with van der Waals surface area (Å²) in [5.74, 6) is -3.36. The Kier molecular flexibility index (Phi) is 10.9. The maximum Gasteiger partial charge on any atom is 0.320 e. The molecule has 2 aliphatic carbocycles. The molecular weight excluding hydrogens is 346 g/mol. The Morgan fingerprint density at radius 3 is 1.74 bits per heavy atom. The van der Waals surface area contributed by atoms with Gasteiger partial charge in [0, 0.05) is 18.7 Å². The average molecular weight is 386 g/mol. The predicted octanol–water partition coefficient (Wildman–Crippen LogP) is 3.65. The highest BCUT2D eigenvalue weighted by Gasteiger charge is 2.30. The summed E-state index contributed by atoms with van der Waals surface area (Å²) in [5.41, 5.74) is -0.708. The van der Waals surface area contributed by atoms with Crippen LogP contribution in [0.2, 0.25) is 0 Å². The van der Waals surface area contributed by atoms with E-state index >= 15 is 0 Å². The van der Waals surface area contributed by atoms with Gasteiger partial charge >= 0.3 is 11.9 Å². The summed E-state index contributed by atoms with van der Waals surface area (Å²) in [6, 6.07) is 1.74. The minimum Gasteiger partial charge on any atom is -0.481 e. The molecule has 1 atom stereocenters. The van der Waals surface area contributed by atoms with Crippen LogP contribution < -0.4 is 5.32 Å². The summed E-state index contributed by atoms with van der Waals surface area (Å²) in [4.78, 5) is 21.9. The van der Waals surface area contributed by atoms with Crippen molar-refractivity contribution in [1.82, 2.24) is 5.32 Å². The lowest BCUT2D eigenvalue weighted by Gasteiger charge is -2.30. The second-order valence-electron chi connectivity index (χ2n) is 8.77. The highest BCUT2D eigenvalue weighted by Crippen LogP contribution is 2.22. The number of aliphatic carboxylic acids is 1. The summed E-state index contributed by atoms with van der Waals surface area (Å²) < 4.78 is 4.88. The normalized spacial score (nSPS) is 20.3. The fourth-order valence-electron chi connectivity index (χ4n) is 3.72. The molecule has 6 heteroatoms. The second-order valence-corrected chi connectivity index (χ2v) is 8.77. The molecular formula is C21H39NO5. The number of hydrogen-bond acceptors (Lipinski definition) is 5. The van der Waals surface area contributed by atoms with Crippen molar-refractivity contribution in [3.63, 3.8) is 0 Å². The van der Waals surface area contributed by atoms with Gasteiger partial charge in [0.25, 0.3) is 0 Å². The van der Waals surface area contributed by atoms with Crippen molar-refractivity contribution >= 4 is 11.9 Å². The maximum atomic E-state index is 11.3. The zero-order valence-corrected chi connectivity index (χ0v) is 17.3. The van der Waals surface area contributed by atoms with E-state index in [0.717, 1.165) is 12.1 Å². The molecule has 0 radical (unpaired) electrons. The summed E-state index contributed by atoms with van der Waals surface area (Å²) in [5, 5.41) is 21.1. The SMILES string of the molecule is C1CCC(NC2CCCCC2)CC1.CC(C)(C)OC(=O)C(CCO)C(=O)O. The third-order valence-corrected chi connectivity index (χ3v) is 5.09. The summed E-state index contributed by atoms with van der Waals surface area (Å²) in [6.07, 6.45) is 14.4. The van der Waals surface area contributed by atoms with Crippen LogP contribution in [0.1, 0.15) is 91.4 Å². The number of carboxylic acid groups (broad SMARTS) is 1. The Morgan fingerprint density at radius 1 is 0.963 bits per heavy atom. The molecule has 1 unspecified atom stereocenters. The molecule has 2 aliphatic rings. The largest absolute Gasteiger partial charge is 0.481 e. The quantitative estimate of drug-likeness (QED) is 0.477. The lowest BCUT2D eigenvalue weighted by atomic mass is 9.91. The second kappa shape index (κ2) is 12.3. The topological polar surface area (TPSA) is 95.9 Å². The number of carbonyl (C=O) groups is 2. The third-order valence-electron chi connectivity index (χ3n) is 5.09. The Morgan fingerprint density at radius 2 is 1.41 bits per heavy atom. The van der Waals surface area contributed by atoms with Gasteiger partial charge in [-0.15, -0.1) is 0 Å². The van der Waals surface area contributed by atoms with Crippen molar-refractivity contribution < 1.29 is 24.5 Å². The minimum absolute atomic E-state index is 0.121. The van der Waals surface area contributed by atoms with E-state index in [4.69, 9.17) is 14.9 Å². The molecule has 0 bridgehead atoms. The molecule has 0 saturated heterocycles. The Balaban J connectivity index is 0.000000270. The fourth-order valence-corrected chi connectivity index (χ4v) is 3.72. The molecule has 0 heterocycles. The molecule has 2 fully saturated rings. The fraction of sp³-hybridized carbons (Fsp3) is 0.905. The molecule has 27 heavy (non-hydrogen) atoms. The van der Waals surface area contributed by atoms with Crippen LogP contribution in [0.3, 0.4) is 0 Å². The molecule has 158 valence electrons. The van der Waals surface area contributed by atoms with Crippen LogP contribution in [0, 0.1) is 5.92 Å². The molecule has 3 N–H and O–H groups in total. The first kappa shape index (κ1) is 23.9. The number of nitrogens with one attached hydrogen (secondary N) is 1. The number of rotatable bonds is 6. The van der Waals surface area contributed by atoms with Crippen molar-refractivity contribution in [2.24, 2.45) is 5.92 Å². The molecule has 2 saturated carbocycles. The molecule has 0 amide bonds. The van der Waals surface area contributed by atoms with Gasteiger partial charge in [-0.25, -0.2) is 0 Å². The highest BCUT2D eigenvalue weighted by molar-refractivity contribution is 5.94. The van der Waals surface area contributed by atoms with Crippen molar-refractivity contribution in [1.29, 1.82) is 0 Å². The van der Waals surface area contributed by atoms with Crippen molar-refractivity contribution in [2.75, 3.05) is 6.61 Å². The highest BCUT2D eigenvalue weighted by atomic mass is 16.6. The van der Waals surface area contributed by atoms with Crippen LogP contribution in [-0.2, 0) is 14.3 Å². The van der Waals surface area contributed by atoms with Gasteiger partial charge in [0.15, 0.2) is 5.92 Å². The first-order chi connectivity index (χ1) is 12.7. The minimum atomic E-state index is -1.28. The first-order valence-corrected chi connectivity index (χ1v) is 10.6. The van der Waals surface area contributed by atoms with Crippen LogP contribution in [0.4, 0.5) is 0 Å². The number of hydrogen-bond donors (Lipinski definition) is 3. The van der Waals surface area contributed by atoms with Crippen LogP contribution >= 0.6 is 0 Å². The van der Waals surface area contributed by atoms with Gasteiger partial charge in [0.1, 0.15) is 5.60 Å². The van der Waals surface area contributed by atoms with Gasteiger partial charge in [-0.05, 0) is 52.9 Å². The van der Waals surface area contributed by atoms with Gasteiger partial charge in [-0.3, -0.25) is 9.59 Å². The van der Waals surface area contributed by atoms with Gasteiger partial charge in [-0.2, -0.15) is 0 Å². The molecule has 0 aromatic heterocycles. The molecule has 2 rings (SSSR count). The third kappa shape index (κ3) is 10.7. The predicted molar refractivity (Wildman–Crippen MR) is 106 cm³/mol. The van der Waals surface area contributed by atoms with E-state index in [0.29, 0.717) is 0 Å². The van der Waals surface area contributed by atoms with Crippen molar-refractivity contribution in [2.45, 2.75) is 109 Å². The molecule has 0 aromatic carbocycles. The van der Waals surface area contributed by atoms with E-state index in [1.807, 2.05) is 0 Å². The number of aliphatic hydroxyl groups excluding tert-OH is 1. The van der Waals surface area contributed by atoms with E-state index in [2.05, 4.69) is 5.32 Å². The first-order valence-electron chi connectivity index (χ1n) is 10.6. The van der Waals surface area contributed by atoms with E-state index in [1.54, 1.807) is 20.8 Å². The zero-order valence-electron chi connectivity index (χ0n) is 17.3. The Bertz CT molecular complexity index is 418. The average Bonchev–Trinajstić information content (AvgIpc) is 2.60. The molecule has 0 aliphatic heterocycles. The van der Waals surface area contributed by atoms with E-state index in [1.165, 1.54) is 64.2 Å². The van der Waals surface area contributed by atoms with Crippen molar-refractivity contribution in [3.8, 4) is 0 Å². The lowest BCUT2D eigenvalue weighted by molar-refractivity contribution is -0.167. The van der Waals surface area contributed by atoms with Crippen LogP contribution in [0.5, 0.6) is 0 Å². The number of esters is 1. The van der Waals surface area contributed by atoms with E-state index in [-0.39, 0.29) is 13.0 Å². The summed E-state index contributed by atoms with van der Waals surface area (Å²) in [6.45, 7) is 4.62. The standard InChI is InChI=1S/C12H23N.C9H16O5/c1-3-7-11(8-4-1)13-12-9-5-2-6-10-12;1-9(2,3)14-8(13)6(4-5-10)7(11)12/h11-13H,1-10H2;6,10H,4-5H2,1-3H3,(H,11,12). The number of ether oxygens (including phenoxy) is 1. The molecule has 0 spiro atoms. The Labute approximate surface area is 164 Å². The number of carbonyl (C=O) groups excluding carboxylic acids is 1. The monoisotopic (exact) mass is 385 g/mol. The lowest BCUT2D eigenvalue weighted by Crippen LogP contribution is -2.40. The summed E-state index contributed by atoms with van der Waals surface area (Å²) >= 11 is 0. The van der Waals surface area contributed by atoms with Crippen LogP contribution in [0.15, 0.2) is 0 Å². The van der Waals surface area contributed by atoms with Gasteiger partial charge in [-0.1, -0.05) is 38.5 Å². The smallest absolute Gasteiger partial charge is 0.320 e. The zero-order chi connectivity index (χ0) is 20.3. The number of aliphatic hydroxyl groups is 1. The van der Waals surface area contributed by atoms with Crippen LogP contribution in [0.25, 0.3) is 0 Å². The molecule has 0 aromatic rings. The van der Waals surface area contributed by atoms with E-state index in [9.17, 15) is 9.59 Å². The van der Waals surface area contributed by atoms with Gasteiger partial charge in [0.05, 0.1) is 0 Å². The maximum absolute atomic E-state index is 11.3. The molecule has 6 nitrogen and oxygen atoms in total. The summed E-state index contributed by atoms with van der Waals surface area (Å²) in [7, 11) is 0. The van der Waals surface area contributed by atoms with Gasteiger partial charge < -0.3 is 20.3 Å². The van der Waals surface area contributed by atoms with Crippen molar-refractivity contribution in [3.05, 3.63) is 0 Å². The number of carboxylic acids is 1. The Hall–Kier alpha value is -1.14. The van der Waals surface area contributed by atoms with Crippen LogP contribution in [-0.4, -0.2) is 46.4 Å².